The zero-order chi connectivity index (χ0) is 25.5. The molecule has 2 amide bonds. The van der Waals surface area contributed by atoms with Crippen LogP contribution < -0.4 is 10.1 Å². The number of thiazole rings is 1. The van der Waals surface area contributed by atoms with Gasteiger partial charge in [-0.15, -0.1) is 16.8 Å². The largest absolute Gasteiger partial charge is 0.483 e. The third-order valence-electron chi connectivity index (χ3n) is 5.04. The van der Waals surface area contributed by atoms with Crippen molar-refractivity contribution in [2.45, 2.75) is 45.0 Å². The fourth-order valence-electron chi connectivity index (χ4n) is 3.21. The standard InChI is InChI=1S/C24H30N6O3S2/c1-7-13-30-21(16(4)33-18-11-9-17(8-2)10-12-18)27-28-24(30)34-14-19(31)26-23-25-15(3)20(35-23)22(32)29(5)6/h7,9-12,16H,1,8,13-14H2,2-6H3,(H,25,26,31). The Morgan fingerprint density at radius 1 is 1.29 bits per heavy atom. The van der Waals surface area contributed by atoms with Crippen molar-refractivity contribution in [1.82, 2.24) is 24.6 Å². The maximum Gasteiger partial charge on any atom is 0.265 e. The summed E-state index contributed by atoms with van der Waals surface area (Å²) in [5, 5.41) is 12.3. The second-order valence-electron chi connectivity index (χ2n) is 7.97. The number of amides is 2. The van der Waals surface area contributed by atoms with Gasteiger partial charge in [-0.1, -0.05) is 48.2 Å². The molecule has 3 aromatic rings. The Morgan fingerprint density at radius 2 is 2.00 bits per heavy atom. The van der Waals surface area contributed by atoms with Crippen LogP contribution in [0.2, 0.25) is 0 Å². The van der Waals surface area contributed by atoms with E-state index < -0.39 is 0 Å². The topological polar surface area (TPSA) is 102 Å². The van der Waals surface area contributed by atoms with Crippen LogP contribution >= 0.6 is 23.1 Å². The number of rotatable bonds is 11. The van der Waals surface area contributed by atoms with Crippen LogP contribution in [-0.4, -0.2) is 56.3 Å². The lowest BCUT2D eigenvalue weighted by atomic mass is 10.2. The van der Waals surface area contributed by atoms with Gasteiger partial charge in [0.15, 0.2) is 22.2 Å². The highest BCUT2D eigenvalue weighted by molar-refractivity contribution is 7.99. The van der Waals surface area contributed by atoms with Gasteiger partial charge in [-0.25, -0.2) is 4.98 Å². The number of anilines is 1. The molecule has 2 heterocycles. The van der Waals surface area contributed by atoms with Crippen LogP contribution in [0.1, 0.15) is 46.7 Å². The van der Waals surface area contributed by atoms with Gasteiger partial charge in [0.1, 0.15) is 10.6 Å². The molecule has 0 saturated heterocycles. The second-order valence-corrected chi connectivity index (χ2v) is 9.91. The van der Waals surface area contributed by atoms with Gasteiger partial charge in [-0.3, -0.25) is 14.2 Å². The van der Waals surface area contributed by atoms with Crippen LogP contribution in [0, 0.1) is 6.92 Å². The molecular formula is C24H30N6O3S2. The number of nitrogens with one attached hydrogen (secondary N) is 1. The second kappa shape index (κ2) is 12.0. The van der Waals surface area contributed by atoms with E-state index >= 15 is 0 Å². The van der Waals surface area contributed by atoms with E-state index in [1.807, 2.05) is 35.8 Å². The Bertz CT molecular complexity index is 1190. The highest BCUT2D eigenvalue weighted by Crippen LogP contribution is 2.26. The molecule has 1 aromatic carbocycles. The van der Waals surface area contributed by atoms with Crippen LogP contribution in [0.3, 0.4) is 0 Å². The van der Waals surface area contributed by atoms with Gasteiger partial charge in [0.2, 0.25) is 5.91 Å². The molecule has 0 aliphatic heterocycles. The number of carbonyl (C=O) groups is 2. The molecule has 11 heteroatoms. The van der Waals surface area contributed by atoms with E-state index in [0.717, 1.165) is 23.5 Å². The third kappa shape index (κ3) is 6.70. The highest BCUT2D eigenvalue weighted by Gasteiger charge is 2.21. The number of aromatic nitrogens is 4. The fourth-order valence-corrected chi connectivity index (χ4v) is 4.96. The average Bonchev–Trinajstić information content (AvgIpc) is 3.40. The van der Waals surface area contributed by atoms with E-state index in [1.165, 1.54) is 22.2 Å². The number of hydrogen-bond donors (Lipinski definition) is 1. The smallest absolute Gasteiger partial charge is 0.265 e. The van der Waals surface area contributed by atoms with E-state index in [9.17, 15) is 9.59 Å². The zero-order valence-electron chi connectivity index (χ0n) is 20.6. The molecule has 35 heavy (non-hydrogen) atoms. The minimum absolute atomic E-state index is 0.110. The number of allylic oxidation sites excluding steroid dienone is 1. The first-order valence-electron chi connectivity index (χ1n) is 11.1. The maximum atomic E-state index is 12.6. The molecule has 0 aliphatic carbocycles. The quantitative estimate of drug-likeness (QED) is 0.299. The number of aryl methyl sites for hydroxylation is 2. The average molecular weight is 515 g/mol. The number of thioether (sulfide) groups is 1. The Kier molecular flexibility index (Phi) is 9.05. The minimum atomic E-state index is -0.343. The Balaban J connectivity index is 1.65. The predicted octanol–water partition coefficient (Wildman–Crippen LogP) is 4.36. The summed E-state index contributed by atoms with van der Waals surface area (Å²) in [6.07, 6.45) is 2.38. The first-order valence-corrected chi connectivity index (χ1v) is 12.9. The Labute approximate surface area is 213 Å². The van der Waals surface area contributed by atoms with E-state index in [0.29, 0.717) is 33.2 Å². The molecule has 2 aromatic heterocycles. The third-order valence-corrected chi connectivity index (χ3v) is 7.07. The van der Waals surface area contributed by atoms with E-state index in [-0.39, 0.29) is 23.7 Å². The molecule has 0 spiro atoms. The number of ether oxygens (including phenoxy) is 1. The van der Waals surface area contributed by atoms with Crippen LogP contribution in [-0.2, 0) is 17.8 Å². The molecule has 0 radical (unpaired) electrons. The normalized spacial score (nSPS) is 11.7. The van der Waals surface area contributed by atoms with Gasteiger partial charge in [0.05, 0.1) is 11.4 Å². The van der Waals surface area contributed by atoms with Crippen molar-refractivity contribution in [3.63, 3.8) is 0 Å². The molecule has 3 rings (SSSR count). The Morgan fingerprint density at radius 3 is 2.63 bits per heavy atom. The van der Waals surface area contributed by atoms with Gasteiger partial charge in [0.25, 0.3) is 5.91 Å². The summed E-state index contributed by atoms with van der Waals surface area (Å²) in [5.41, 5.74) is 1.83. The van der Waals surface area contributed by atoms with Gasteiger partial charge in [0, 0.05) is 20.6 Å². The number of carbonyl (C=O) groups excluding carboxylic acids is 2. The zero-order valence-corrected chi connectivity index (χ0v) is 22.2. The molecule has 1 atom stereocenters. The lowest BCUT2D eigenvalue weighted by Gasteiger charge is -2.16. The Hall–Kier alpha value is -3.18. The summed E-state index contributed by atoms with van der Waals surface area (Å²) in [7, 11) is 3.36. The summed E-state index contributed by atoms with van der Waals surface area (Å²) in [6, 6.07) is 7.97. The molecule has 9 nitrogen and oxygen atoms in total. The molecule has 0 saturated carbocycles. The van der Waals surface area contributed by atoms with E-state index in [1.54, 1.807) is 27.1 Å². The van der Waals surface area contributed by atoms with Crippen molar-refractivity contribution in [2.24, 2.45) is 0 Å². The molecule has 1 N–H and O–H groups in total. The van der Waals surface area contributed by atoms with Gasteiger partial charge in [-0.2, -0.15) is 0 Å². The molecular weight excluding hydrogens is 484 g/mol. The van der Waals surface area contributed by atoms with Crippen LogP contribution in [0.15, 0.2) is 42.1 Å². The first-order chi connectivity index (χ1) is 16.7. The summed E-state index contributed by atoms with van der Waals surface area (Å²) in [5.74, 6) is 1.12. The van der Waals surface area contributed by atoms with Crippen molar-refractivity contribution in [3.8, 4) is 5.75 Å². The van der Waals surface area contributed by atoms with Crippen LogP contribution in [0.5, 0.6) is 5.75 Å². The van der Waals surface area contributed by atoms with E-state index in [2.05, 4.69) is 34.0 Å². The SMILES string of the molecule is C=CCn1c(SCC(=O)Nc2nc(C)c(C(=O)N(C)C)s2)nnc1C(C)Oc1ccc(CC)cc1. The summed E-state index contributed by atoms with van der Waals surface area (Å²) in [6.45, 7) is 10.1. The van der Waals surface area contributed by atoms with Gasteiger partial charge in [-0.05, 0) is 38.0 Å². The van der Waals surface area contributed by atoms with Crippen molar-refractivity contribution in [3.05, 3.63) is 58.9 Å². The number of benzene rings is 1. The summed E-state index contributed by atoms with van der Waals surface area (Å²) >= 11 is 2.42. The number of nitrogens with zero attached hydrogens (tertiary/aromatic N) is 5. The van der Waals surface area contributed by atoms with Crippen molar-refractivity contribution in [1.29, 1.82) is 0 Å². The highest BCUT2D eigenvalue weighted by atomic mass is 32.2. The van der Waals surface area contributed by atoms with Crippen molar-refractivity contribution in [2.75, 3.05) is 25.2 Å². The lowest BCUT2D eigenvalue weighted by Crippen LogP contribution is -2.21. The molecule has 0 fully saturated rings. The molecule has 1 unspecified atom stereocenters. The number of hydrogen-bond acceptors (Lipinski definition) is 8. The minimum Gasteiger partial charge on any atom is -0.483 e. The van der Waals surface area contributed by atoms with Crippen LogP contribution in [0.25, 0.3) is 0 Å². The molecule has 0 bridgehead atoms. The molecule has 0 aliphatic rings. The first kappa shape index (κ1) is 26.4. The molecule has 186 valence electrons. The van der Waals surface area contributed by atoms with Gasteiger partial charge >= 0.3 is 0 Å². The summed E-state index contributed by atoms with van der Waals surface area (Å²) in [4.78, 5) is 31.1. The maximum absolute atomic E-state index is 12.6. The predicted molar refractivity (Wildman–Crippen MR) is 139 cm³/mol. The van der Waals surface area contributed by atoms with Crippen molar-refractivity contribution >= 4 is 40.0 Å². The van der Waals surface area contributed by atoms with E-state index in [4.69, 9.17) is 4.74 Å². The lowest BCUT2D eigenvalue weighted by molar-refractivity contribution is -0.113. The van der Waals surface area contributed by atoms with Crippen molar-refractivity contribution < 1.29 is 14.3 Å². The monoisotopic (exact) mass is 514 g/mol. The summed E-state index contributed by atoms with van der Waals surface area (Å²) < 4.78 is 7.96. The fraction of sp³-hybridized carbons (Fsp3) is 0.375. The van der Waals surface area contributed by atoms with Crippen LogP contribution in [0.4, 0.5) is 5.13 Å². The van der Waals surface area contributed by atoms with Gasteiger partial charge < -0.3 is 15.0 Å².